The third kappa shape index (κ3) is 9.73. The fraction of sp³-hybridized carbons (Fsp3) is 0.391. The van der Waals surface area contributed by atoms with Gasteiger partial charge in [-0.05, 0) is 46.6 Å². The molecule has 0 aromatic rings. The molecule has 0 aliphatic carbocycles. The van der Waals surface area contributed by atoms with Crippen molar-refractivity contribution in [2.24, 2.45) is 11.8 Å². The van der Waals surface area contributed by atoms with Gasteiger partial charge in [0.2, 0.25) is 0 Å². The lowest BCUT2D eigenvalue weighted by atomic mass is 9.92. The third-order valence-corrected chi connectivity index (χ3v) is 3.81. The lowest BCUT2D eigenvalue weighted by Crippen LogP contribution is -2.00. The molecule has 0 radical (unpaired) electrons. The van der Waals surface area contributed by atoms with E-state index >= 15 is 0 Å². The minimum atomic E-state index is 0.268. The average Bonchev–Trinajstić information content (AvgIpc) is 2.59. The summed E-state index contributed by atoms with van der Waals surface area (Å²) in [5, 5.41) is 0. The van der Waals surface area contributed by atoms with E-state index in [4.69, 9.17) is 9.47 Å². The lowest BCUT2D eigenvalue weighted by molar-refractivity contribution is 0.202. The fourth-order valence-corrected chi connectivity index (χ4v) is 1.96. The minimum Gasteiger partial charge on any atom is -0.497 e. The first-order valence-electron chi connectivity index (χ1n) is 8.59. The van der Waals surface area contributed by atoms with Gasteiger partial charge in [0.15, 0.2) is 0 Å². The van der Waals surface area contributed by atoms with Crippen LogP contribution < -0.4 is 0 Å². The number of rotatable bonds is 12. The zero-order valence-electron chi connectivity index (χ0n) is 16.6. The maximum Gasteiger partial charge on any atom is 0.111 e. The van der Waals surface area contributed by atoms with E-state index in [1.807, 2.05) is 6.08 Å². The highest BCUT2D eigenvalue weighted by Crippen LogP contribution is 2.25. The molecule has 0 aromatic heterocycles. The van der Waals surface area contributed by atoms with Crippen molar-refractivity contribution in [3.63, 3.8) is 0 Å². The zero-order chi connectivity index (χ0) is 19.4. The Morgan fingerprint density at radius 1 is 0.960 bits per heavy atom. The Morgan fingerprint density at radius 3 is 2.12 bits per heavy atom. The summed E-state index contributed by atoms with van der Waals surface area (Å²) in [7, 11) is 3.28. The van der Waals surface area contributed by atoms with Gasteiger partial charge in [-0.3, -0.25) is 0 Å². The Morgan fingerprint density at radius 2 is 1.60 bits per heavy atom. The standard InChI is InChI=1S/C23H34O2/c1-17(2)10-11-18(3)20(5)16-23(14-15-24-8)22(7)19(4)12-13-21(6)25-9/h10-13,16-18H,4-7,14-15H2,1-3,8-9H3/b11-10-,13-12-,23-16-. The van der Waals surface area contributed by atoms with E-state index in [0.717, 1.165) is 28.7 Å². The van der Waals surface area contributed by atoms with Crippen molar-refractivity contribution >= 4 is 0 Å². The Labute approximate surface area is 154 Å². The number of ether oxygens (including phenoxy) is 2. The van der Waals surface area contributed by atoms with Crippen LogP contribution in [0.1, 0.15) is 27.2 Å². The normalized spacial score (nSPS) is 13.4. The predicted octanol–water partition coefficient (Wildman–Crippen LogP) is 6.18. The molecule has 0 amide bonds. The van der Waals surface area contributed by atoms with Gasteiger partial charge in [0.05, 0.1) is 13.7 Å². The van der Waals surface area contributed by atoms with E-state index in [0.29, 0.717) is 18.3 Å². The molecule has 0 heterocycles. The lowest BCUT2D eigenvalue weighted by Gasteiger charge is -2.14. The van der Waals surface area contributed by atoms with Crippen molar-refractivity contribution in [2.75, 3.05) is 20.8 Å². The second-order valence-electron chi connectivity index (χ2n) is 6.41. The van der Waals surface area contributed by atoms with Crippen molar-refractivity contribution < 1.29 is 9.47 Å². The summed E-state index contributed by atoms with van der Waals surface area (Å²) < 4.78 is 10.3. The van der Waals surface area contributed by atoms with Crippen molar-refractivity contribution in [3.05, 3.63) is 84.7 Å². The molecular weight excluding hydrogens is 308 g/mol. The van der Waals surface area contributed by atoms with Crippen molar-refractivity contribution in [3.8, 4) is 0 Å². The Kier molecular flexibility index (Phi) is 11.3. The maximum atomic E-state index is 5.23. The molecule has 0 aliphatic rings. The summed E-state index contributed by atoms with van der Waals surface area (Å²) in [6.07, 6.45) is 10.9. The van der Waals surface area contributed by atoms with Gasteiger partial charge in [0, 0.05) is 7.11 Å². The van der Waals surface area contributed by atoms with E-state index < -0.39 is 0 Å². The molecule has 0 saturated heterocycles. The topological polar surface area (TPSA) is 18.5 Å². The minimum absolute atomic E-state index is 0.268. The van der Waals surface area contributed by atoms with Crippen molar-refractivity contribution in [1.29, 1.82) is 0 Å². The van der Waals surface area contributed by atoms with E-state index in [-0.39, 0.29) is 5.92 Å². The van der Waals surface area contributed by atoms with E-state index in [2.05, 4.69) is 65.3 Å². The number of methoxy groups -OCH3 is 2. The summed E-state index contributed by atoms with van der Waals surface area (Å²) >= 11 is 0. The van der Waals surface area contributed by atoms with Crippen LogP contribution in [0.15, 0.2) is 84.7 Å². The second kappa shape index (κ2) is 12.3. The SMILES string of the molecule is C=C(/C=C\C(=C)C(=C)/C(=C\C(=C)C(C)/C=C\C(C)C)CCOC)OC. The summed E-state index contributed by atoms with van der Waals surface area (Å²) in [5.41, 5.74) is 3.81. The van der Waals surface area contributed by atoms with Crippen LogP contribution in [0.25, 0.3) is 0 Å². The molecule has 1 atom stereocenters. The molecule has 0 N–H and O–H groups in total. The smallest absolute Gasteiger partial charge is 0.111 e. The van der Waals surface area contributed by atoms with Crippen LogP contribution in [0.2, 0.25) is 0 Å². The molecule has 0 rings (SSSR count). The van der Waals surface area contributed by atoms with Crippen LogP contribution in [-0.4, -0.2) is 20.8 Å². The summed E-state index contributed by atoms with van der Waals surface area (Å²) in [5.74, 6) is 1.37. The number of hydrogen-bond acceptors (Lipinski definition) is 2. The first kappa shape index (κ1) is 22.9. The van der Waals surface area contributed by atoms with Gasteiger partial charge in [-0.25, -0.2) is 0 Å². The van der Waals surface area contributed by atoms with Gasteiger partial charge < -0.3 is 9.47 Å². The molecular formula is C23H34O2. The van der Waals surface area contributed by atoms with Crippen LogP contribution >= 0.6 is 0 Å². The highest BCUT2D eigenvalue weighted by atomic mass is 16.5. The first-order chi connectivity index (χ1) is 11.7. The largest absolute Gasteiger partial charge is 0.497 e. The van der Waals surface area contributed by atoms with E-state index in [1.54, 1.807) is 20.3 Å². The first-order valence-corrected chi connectivity index (χ1v) is 8.59. The number of hydrogen-bond donors (Lipinski definition) is 0. The molecule has 0 saturated carbocycles. The highest BCUT2D eigenvalue weighted by molar-refractivity contribution is 5.51. The molecule has 0 fully saturated rings. The summed E-state index contributed by atoms with van der Waals surface area (Å²) in [4.78, 5) is 0. The highest BCUT2D eigenvalue weighted by Gasteiger charge is 2.08. The number of allylic oxidation sites excluding steroid dienone is 8. The fourth-order valence-electron chi connectivity index (χ4n) is 1.96. The molecule has 0 spiro atoms. The van der Waals surface area contributed by atoms with Crippen LogP contribution in [-0.2, 0) is 9.47 Å². The summed E-state index contributed by atoms with van der Waals surface area (Å²) in [6, 6.07) is 0. The molecule has 138 valence electrons. The van der Waals surface area contributed by atoms with Gasteiger partial charge in [0.1, 0.15) is 5.76 Å². The Balaban J connectivity index is 5.30. The van der Waals surface area contributed by atoms with Crippen molar-refractivity contribution in [2.45, 2.75) is 27.2 Å². The van der Waals surface area contributed by atoms with E-state index in [9.17, 15) is 0 Å². The van der Waals surface area contributed by atoms with Crippen molar-refractivity contribution in [1.82, 2.24) is 0 Å². The van der Waals surface area contributed by atoms with E-state index in [1.165, 1.54) is 0 Å². The van der Waals surface area contributed by atoms with Gasteiger partial charge in [0.25, 0.3) is 0 Å². The molecule has 0 bridgehead atoms. The Bertz CT molecular complexity index is 571. The second-order valence-corrected chi connectivity index (χ2v) is 6.41. The maximum absolute atomic E-state index is 5.23. The Hall–Kier alpha value is -2.06. The van der Waals surface area contributed by atoms with Gasteiger partial charge >= 0.3 is 0 Å². The van der Waals surface area contributed by atoms with Gasteiger partial charge in [-0.1, -0.05) is 71.4 Å². The van der Waals surface area contributed by atoms with Crippen LogP contribution in [0.3, 0.4) is 0 Å². The zero-order valence-corrected chi connectivity index (χ0v) is 16.6. The molecule has 2 nitrogen and oxygen atoms in total. The molecule has 2 heteroatoms. The third-order valence-electron chi connectivity index (χ3n) is 3.81. The molecule has 1 unspecified atom stereocenters. The monoisotopic (exact) mass is 342 g/mol. The molecule has 25 heavy (non-hydrogen) atoms. The molecule has 0 aliphatic heterocycles. The quantitative estimate of drug-likeness (QED) is 0.239. The van der Waals surface area contributed by atoms with Gasteiger partial charge in [-0.2, -0.15) is 0 Å². The molecule has 0 aromatic carbocycles. The van der Waals surface area contributed by atoms with Crippen LogP contribution in [0.5, 0.6) is 0 Å². The predicted molar refractivity (Wildman–Crippen MR) is 110 cm³/mol. The summed E-state index contributed by atoms with van der Waals surface area (Å²) in [6.45, 7) is 23.4. The van der Waals surface area contributed by atoms with Crippen LogP contribution in [0, 0.1) is 11.8 Å². The average molecular weight is 343 g/mol. The van der Waals surface area contributed by atoms with Crippen LogP contribution in [0.4, 0.5) is 0 Å². The van der Waals surface area contributed by atoms with Gasteiger partial charge in [-0.15, -0.1) is 0 Å².